The van der Waals surface area contributed by atoms with E-state index in [2.05, 4.69) is 13.8 Å². The van der Waals surface area contributed by atoms with Crippen LogP contribution in [-0.2, 0) is 0 Å². The van der Waals surface area contributed by atoms with Crippen molar-refractivity contribution in [3.63, 3.8) is 0 Å². The van der Waals surface area contributed by atoms with Crippen LogP contribution >= 0.6 is 0 Å². The van der Waals surface area contributed by atoms with Crippen molar-refractivity contribution in [2.24, 2.45) is 11.7 Å². The Morgan fingerprint density at radius 3 is 2.45 bits per heavy atom. The van der Waals surface area contributed by atoms with E-state index in [1.54, 1.807) is 0 Å². The lowest BCUT2D eigenvalue weighted by Crippen LogP contribution is -2.23. The fourth-order valence-electron chi connectivity index (χ4n) is 1.74. The van der Waals surface area contributed by atoms with Gasteiger partial charge >= 0.3 is 0 Å². The fourth-order valence-corrected chi connectivity index (χ4v) is 1.74. The summed E-state index contributed by atoms with van der Waals surface area (Å²) >= 11 is 0. The average molecular weight is 155 g/mol. The minimum Gasteiger partial charge on any atom is -0.325 e. The molecule has 1 heteroatoms. The lowest BCUT2D eigenvalue weighted by molar-refractivity contribution is 0.513. The third-order valence-electron chi connectivity index (χ3n) is 3.00. The SMILES string of the molecule is CCCCCCC1(N)CC1C. The van der Waals surface area contributed by atoms with E-state index in [1.807, 2.05) is 0 Å². The number of nitrogens with two attached hydrogens (primary N) is 1. The fraction of sp³-hybridized carbons (Fsp3) is 1.00. The third kappa shape index (κ3) is 2.48. The molecule has 2 atom stereocenters. The van der Waals surface area contributed by atoms with Crippen LogP contribution in [0.15, 0.2) is 0 Å². The predicted molar refractivity (Wildman–Crippen MR) is 49.5 cm³/mol. The Bertz CT molecular complexity index is 122. The van der Waals surface area contributed by atoms with Gasteiger partial charge in [0.05, 0.1) is 0 Å². The van der Waals surface area contributed by atoms with Crippen molar-refractivity contribution in [2.75, 3.05) is 0 Å². The molecule has 0 spiro atoms. The molecule has 1 aliphatic rings. The van der Waals surface area contributed by atoms with E-state index in [9.17, 15) is 0 Å². The molecule has 1 aliphatic carbocycles. The first-order valence-electron chi connectivity index (χ1n) is 4.98. The Labute approximate surface area is 70.4 Å². The van der Waals surface area contributed by atoms with Crippen LogP contribution in [0.2, 0.25) is 0 Å². The molecule has 2 N–H and O–H groups in total. The summed E-state index contributed by atoms with van der Waals surface area (Å²) in [5.41, 5.74) is 6.33. The molecule has 0 bridgehead atoms. The smallest absolute Gasteiger partial charge is 0.0184 e. The lowest BCUT2D eigenvalue weighted by atomic mass is 10.1. The maximum absolute atomic E-state index is 6.07. The van der Waals surface area contributed by atoms with Crippen LogP contribution in [-0.4, -0.2) is 5.54 Å². The largest absolute Gasteiger partial charge is 0.325 e. The zero-order chi connectivity index (χ0) is 8.32. The highest BCUT2D eigenvalue weighted by molar-refractivity contribution is 5.04. The molecule has 1 nitrogen and oxygen atoms in total. The molecule has 0 aromatic heterocycles. The Hall–Kier alpha value is -0.0400. The van der Waals surface area contributed by atoms with Gasteiger partial charge in [0.25, 0.3) is 0 Å². The molecule has 0 aromatic carbocycles. The first kappa shape index (κ1) is 9.05. The lowest BCUT2D eigenvalue weighted by Gasteiger charge is -2.08. The quantitative estimate of drug-likeness (QED) is 0.607. The summed E-state index contributed by atoms with van der Waals surface area (Å²) in [7, 11) is 0. The highest BCUT2D eigenvalue weighted by atomic mass is 14.8. The molecule has 0 radical (unpaired) electrons. The average Bonchev–Trinajstić information content (AvgIpc) is 2.54. The molecular weight excluding hydrogens is 134 g/mol. The summed E-state index contributed by atoms with van der Waals surface area (Å²) in [5.74, 6) is 0.795. The van der Waals surface area contributed by atoms with Crippen molar-refractivity contribution < 1.29 is 0 Å². The molecule has 11 heavy (non-hydrogen) atoms. The monoisotopic (exact) mass is 155 g/mol. The second-order valence-corrected chi connectivity index (χ2v) is 4.15. The van der Waals surface area contributed by atoms with Gasteiger partial charge in [-0.05, 0) is 18.8 Å². The van der Waals surface area contributed by atoms with Crippen molar-refractivity contribution in [1.82, 2.24) is 0 Å². The number of unbranched alkanes of at least 4 members (excludes halogenated alkanes) is 3. The third-order valence-corrected chi connectivity index (χ3v) is 3.00. The summed E-state index contributed by atoms with van der Waals surface area (Å²) in [6, 6.07) is 0. The number of hydrogen-bond acceptors (Lipinski definition) is 1. The maximum Gasteiger partial charge on any atom is 0.0184 e. The summed E-state index contributed by atoms with van der Waals surface area (Å²) < 4.78 is 0. The highest BCUT2D eigenvalue weighted by Gasteiger charge is 2.46. The zero-order valence-electron chi connectivity index (χ0n) is 7.90. The van der Waals surface area contributed by atoms with Crippen LogP contribution in [0.5, 0.6) is 0 Å². The van der Waals surface area contributed by atoms with Crippen LogP contribution in [0.25, 0.3) is 0 Å². The Kier molecular flexibility index (Phi) is 2.94. The molecule has 0 aromatic rings. The van der Waals surface area contributed by atoms with E-state index >= 15 is 0 Å². The molecule has 66 valence electrons. The van der Waals surface area contributed by atoms with Gasteiger partial charge in [0.1, 0.15) is 0 Å². The van der Waals surface area contributed by atoms with Crippen LogP contribution < -0.4 is 5.73 Å². The van der Waals surface area contributed by atoms with Gasteiger partial charge in [-0.2, -0.15) is 0 Å². The van der Waals surface area contributed by atoms with Crippen LogP contribution in [0.3, 0.4) is 0 Å². The summed E-state index contributed by atoms with van der Waals surface area (Å²) in [6.07, 6.45) is 7.95. The highest BCUT2D eigenvalue weighted by Crippen LogP contribution is 2.44. The Morgan fingerprint density at radius 1 is 1.36 bits per heavy atom. The van der Waals surface area contributed by atoms with E-state index in [1.165, 1.54) is 38.5 Å². The van der Waals surface area contributed by atoms with E-state index < -0.39 is 0 Å². The van der Waals surface area contributed by atoms with Gasteiger partial charge in [0.2, 0.25) is 0 Å². The minimum absolute atomic E-state index is 0.258. The van der Waals surface area contributed by atoms with E-state index in [-0.39, 0.29) is 5.54 Å². The molecule has 1 fully saturated rings. The van der Waals surface area contributed by atoms with E-state index in [0.717, 1.165) is 5.92 Å². The summed E-state index contributed by atoms with van der Waals surface area (Å²) in [6.45, 7) is 4.51. The van der Waals surface area contributed by atoms with E-state index in [4.69, 9.17) is 5.73 Å². The zero-order valence-corrected chi connectivity index (χ0v) is 7.90. The molecule has 2 unspecified atom stereocenters. The van der Waals surface area contributed by atoms with Crippen molar-refractivity contribution in [2.45, 2.75) is 57.9 Å². The summed E-state index contributed by atoms with van der Waals surface area (Å²) in [5, 5.41) is 0. The first-order valence-corrected chi connectivity index (χ1v) is 4.98. The van der Waals surface area contributed by atoms with Crippen molar-refractivity contribution in [3.05, 3.63) is 0 Å². The second-order valence-electron chi connectivity index (χ2n) is 4.15. The molecule has 0 heterocycles. The Morgan fingerprint density at radius 2 is 2.00 bits per heavy atom. The molecule has 1 rings (SSSR count). The van der Waals surface area contributed by atoms with Gasteiger partial charge in [-0.15, -0.1) is 0 Å². The van der Waals surface area contributed by atoms with Gasteiger partial charge in [0, 0.05) is 5.54 Å². The van der Waals surface area contributed by atoms with Crippen molar-refractivity contribution in [1.29, 1.82) is 0 Å². The summed E-state index contributed by atoms with van der Waals surface area (Å²) in [4.78, 5) is 0. The molecule has 0 aliphatic heterocycles. The second kappa shape index (κ2) is 3.57. The first-order chi connectivity index (χ1) is 5.19. The predicted octanol–water partition coefficient (Wildman–Crippen LogP) is 2.69. The van der Waals surface area contributed by atoms with Crippen molar-refractivity contribution in [3.8, 4) is 0 Å². The van der Waals surface area contributed by atoms with Gasteiger partial charge in [-0.1, -0.05) is 39.5 Å². The van der Waals surface area contributed by atoms with E-state index in [0.29, 0.717) is 0 Å². The molecule has 1 saturated carbocycles. The van der Waals surface area contributed by atoms with Crippen molar-refractivity contribution >= 4 is 0 Å². The maximum atomic E-state index is 6.07. The van der Waals surface area contributed by atoms with Gasteiger partial charge in [-0.25, -0.2) is 0 Å². The van der Waals surface area contributed by atoms with Crippen LogP contribution in [0.4, 0.5) is 0 Å². The molecule has 0 amide bonds. The Balaban J connectivity index is 1.96. The van der Waals surface area contributed by atoms with Crippen LogP contribution in [0.1, 0.15) is 52.4 Å². The topological polar surface area (TPSA) is 26.0 Å². The molecular formula is C10H21N. The van der Waals surface area contributed by atoms with Gasteiger partial charge < -0.3 is 5.73 Å². The van der Waals surface area contributed by atoms with Crippen LogP contribution in [0, 0.1) is 5.92 Å². The standard InChI is InChI=1S/C10H21N/c1-3-4-5-6-7-10(11)8-9(10)2/h9H,3-8,11H2,1-2H3. The normalized spacial score (nSPS) is 35.7. The molecule has 0 saturated heterocycles. The number of rotatable bonds is 5. The van der Waals surface area contributed by atoms with Gasteiger partial charge in [-0.3, -0.25) is 0 Å². The van der Waals surface area contributed by atoms with Gasteiger partial charge in [0.15, 0.2) is 0 Å². The minimum atomic E-state index is 0.258. The number of hydrogen-bond donors (Lipinski definition) is 1.